The lowest BCUT2D eigenvalue weighted by Crippen LogP contribution is -2.41. The summed E-state index contributed by atoms with van der Waals surface area (Å²) in [6.07, 6.45) is 6.20. The lowest BCUT2D eigenvalue weighted by atomic mass is 9.99. The van der Waals surface area contributed by atoms with Crippen LogP contribution in [0.3, 0.4) is 0 Å². The minimum atomic E-state index is -0.372. The van der Waals surface area contributed by atoms with Crippen molar-refractivity contribution in [2.24, 2.45) is 7.05 Å². The Morgan fingerprint density at radius 1 is 1.42 bits per heavy atom. The SMILES string of the molecule is Cn1cc([N+](=O)[O-])c(NC2CCN3CCCCC23)n1. The monoisotopic (exact) mass is 265 g/mol. The summed E-state index contributed by atoms with van der Waals surface area (Å²) >= 11 is 0. The van der Waals surface area contributed by atoms with Crippen LogP contribution in [0.25, 0.3) is 0 Å². The molecule has 0 spiro atoms. The Bertz CT molecular complexity index is 486. The fourth-order valence-electron chi connectivity index (χ4n) is 3.30. The van der Waals surface area contributed by atoms with E-state index in [-0.39, 0.29) is 16.7 Å². The molecule has 0 amide bonds. The third kappa shape index (κ3) is 2.30. The molecule has 19 heavy (non-hydrogen) atoms. The first-order valence-corrected chi connectivity index (χ1v) is 6.84. The van der Waals surface area contributed by atoms with Crippen molar-refractivity contribution >= 4 is 11.5 Å². The number of nitrogens with zero attached hydrogens (tertiary/aromatic N) is 4. The third-order valence-electron chi connectivity index (χ3n) is 4.18. The van der Waals surface area contributed by atoms with Crippen LogP contribution in [0.5, 0.6) is 0 Å². The van der Waals surface area contributed by atoms with Gasteiger partial charge < -0.3 is 5.32 Å². The molecule has 3 heterocycles. The number of fused-ring (bicyclic) bond motifs is 1. The van der Waals surface area contributed by atoms with Gasteiger partial charge in [-0.25, -0.2) is 0 Å². The van der Waals surface area contributed by atoms with E-state index in [0.717, 1.165) is 19.5 Å². The van der Waals surface area contributed by atoms with Crippen LogP contribution in [-0.2, 0) is 7.05 Å². The van der Waals surface area contributed by atoms with Gasteiger partial charge in [0, 0.05) is 25.7 Å². The summed E-state index contributed by atoms with van der Waals surface area (Å²) in [6.45, 7) is 2.25. The zero-order valence-electron chi connectivity index (χ0n) is 11.1. The van der Waals surface area contributed by atoms with Gasteiger partial charge in [-0.15, -0.1) is 5.10 Å². The Morgan fingerprint density at radius 3 is 3.05 bits per heavy atom. The lowest BCUT2D eigenvalue weighted by Gasteiger charge is -2.32. The smallest absolute Gasteiger partial charge is 0.330 e. The van der Waals surface area contributed by atoms with Crippen molar-refractivity contribution in [3.63, 3.8) is 0 Å². The van der Waals surface area contributed by atoms with Gasteiger partial charge in [-0.2, -0.15) is 0 Å². The summed E-state index contributed by atoms with van der Waals surface area (Å²) in [5.41, 5.74) is 0.0664. The molecule has 2 aliphatic heterocycles. The summed E-state index contributed by atoms with van der Waals surface area (Å²) in [5.74, 6) is 0.407. The Morgan fingerprint density at radius 2 is 2.26 bits per heavy atom. The molecule has 7 heteroatoms. The summed E-state index contributed by atoms with van der Waals surface area (Å²) in [7, 11) is 1.71. The maximum Gasteiger partial charge on any atom is 0.330 e. The highest BCUT2D eigenvalue weighted by atomic mass is 16.6. The van der Waals surface area contributed by atoms with Gasteiger partial charge in [-0.3, -0.25) is 19.7 Å². The van der Waals surface area contributed by atoms with Crippen molar-refractivity contribution in [3.8, 4) is 0 Å². The maximum absolute atomic E-state index is 11.0. The lowest BCUT2D eigenvalue weighted by molar-refractivity contribution is -0.384. The van der Waals surface area contributed by atoms with Crippen LogP contribution in [0.15, 0.2) is 6.20 Å². The molecule has 1 aromatic heterocycles. The number of piperidine rings is 1. The topological polar surface area (TPSA) is 76.2 Å². The van der Waals surface area contributed by atoms with E-state index in [2.05, 4.69) is 15.3 Å². The summed E-state index contributed by atoms with van der Waals surface area (Å²) in [6, 6.07) is 0.796. The Balaban J connectivity index is 1.76. The van der Waals surface area contributed by atoms with Gasteiger partial charge in [0.2, 0.25) is 5.82 Å². The van der Waals surface area contributed by atoms with Gasteiger partial charge in [0.1, 0.15) is 6.20 Å². The molecule has 2 saturated heterocycles. The van der Waals surface area contributed by atoms with Crippen LogP contribution in [0.4, 0.5) is 11.5 Å². The van der Waals surface area contributed by atoms with Crippen molar-refractivity contribution in [2.45, 2.75) is 37.8 Å². The molecule has 0 radical (unpaired) electrons. The van der Waals surface area contributed by atoms with Crippen LogP contribution >= 0.6 is 0 Å². The number of aryl methyl sites for hydroxylation is 1. The quantitative estimate of drug-likeness (QED) is 0.659. The zero-order valence-corrected chi connectivity index (χ0v) is 11.1. The minimum absolute atomic E-state index is 0.0664. The molecule has 1 N–H and O–H groups in total. The number of anilines is 1. The first kappa shape index (κ1) is 12.4. The highest BCUT2D eigenvalue weighted by Crippen LogP contribution is 2.31. The second kappa shape index (κ2) is 4.80. The van der Waals surface area contributed by atoms with Crippen LogP contribution in [0, 0.1) is 10.1 Å². The molecule has 0 aliphatic carbocycles. The predicted molar refractivity (Wildman–Crippen MR) is 71.1 cm³/mol. The van der Waals surface area contributed by atoms with Crippen LogP contribution in [0.1, 0.15) is 25.7 Å². The van der Waals surface area contributed by atoms with Crippen LogP contribution in [-0.4, -0.2) is 44.8 Å². The number of nitro groups is 1. The van der Waals surface area contributed by atoms with Crippen molar-refractivity contribution in [1.29, 1.82) is 0 Å². The van der Waals surface area contributed by atoms with E-state index in [9.17, 15) is 10.1 Å². The van der Waals surface area contributed by atoms with E-state index in [0.29, 0.717) is 11.9 Å². The molecule has 1 aromatic rings. The van der Waals surface area contributed by atoms with Crippen LogP contribution in [0.2, 0.25) is 0 Å². The first-order valence-electron chi connectivity index (χ1n) is 6.84. The van der Waals surface area contributed by atoms with E-state index in [1.165, 1.54) is 30.1 Å². The largest absolute Gasteiger partial charge is 0.359 e. The normalized spacial score (nSPS) is 27.2. The summed E-state index contributed by atoms with van der Waals surface area (Å²) < 4.78 is 1.49. The van der Waals surface area contributed by atoms with E-state index >= 15 is 0 Å². The number of aromatic nitrogens is 2. The fourth-order valence-corrected chi connectivity index (χ4v) is 3.30. The molecule has 2 fully saturated rings. The number of nitrogens with one attached hydrogen (secondary N) is 1. The van der Waals surface area contributed by atoms with E-state index in [1.54, 1.807) is 7.05 Å². The van der Waals surface area contributed by atoms with Gasteiger partial charge in [-0.05, 0) is 25.8 Å². The molecule has 0 saturated carbocycles. The van der Waals surface area contributed by atoms with Gasteiger partial charge >= 0.3 is 5.69 Å². The molecular formula is C12H19N5O2. The Kier molecular flexibility index (Phi) is 3.14. The number of hydrogen-bond donors (Lipinski definition) is 1. The van der Waals surface area contributed by atoms with Crippen molar-refractivity contribution in [3.05, 3.63) is 16.3 Å². The number of rotatable bonds is 3. The number of hydrogen-bond acceptors (Lipinski definition) is 5. The molecule has 2 unspecified atom stereocenters. The summed E-state index contributed by atoms with van der Waals surface area (Å²) in [4.78, 5) is 13.1. The van der Waals surface area contributed by atoms with Crippen LogP contribution < -0.4 is 5.32 Å². The minimum Gasteiger partial charge on any atom is -0.359 e. The van der Waals surface area contributed by atoms with Gasteiger partial charge in [0.15, 0.2) is 0 Å². The third-order valence-corrected chi connectivity index (χ3v) is 4.18. The second-order valence-electron chi connectivity index (χ2n) is 5.43. The highest BCUT2D eigenvalue weighted by Gasteiger charge is 2.36. The molecule has 2 atom stereocenters. The molecule has 104 valence electrons. The van der Waals surface area contributed by atoms with Crippen molar-refractivity contribution in [2.75, 3.05) is 18.4 Å². The molecule has 0 bridgehead atoms. The highest BCUT2D eigenvalue weighted by molar-refractivity contribution is 5.55. The fraction of sp³-hybridized carbons (Fsp3) is 0.750. The maximum atomic E-state index is 11.0. The Hall–Kier alpha value is -1.63. The Labute approximate surface area is 111 Å². The van der Waals surface area contributed by atoms with Gasteiger partial charge in [0.25, 0.3) is 0 Å². The molecule has 3 rings (SSSR count). The van der Waals surface area contributed by atoms with E-state index < -0.39 is 0 Å². The predicted octanol–water partition coefficient (Wildman–Crippen LogP) is 1.37. The summed E-state index contributed by atoms with van der Waals surface area (Å²) in [5, 5.41) is 18.5. The average Bonchev–Trinajstić information content (AvgIpc) is 2.95. The molecule has 2 aliphatic rings. The molecular weight excluding hydrogens is 246 g/mol. The zero-order chi connectivity index (χ0) is 13.4. The molecule has 0 aromatic carbocycles. The van der Waals surface area contributed by atoms with Crippen molar-refractivity contribution in [1.82, 2.24) is 14.7 Å². The first-order chi connectivity index (χ1) is 9.15. The molecule has 7 nitrogen and oxygen atoms in total. The van der Waals surface area contributed by atoms with E-state index in [4.69, 9.17) is 0 Å². The standard InChI is InChI=1S/C12H19N5O2/c1-15-8-11(17(18)19)12(14-15)13-9-5-7-16-6-3-2-4-10(9)16/h8-10H,2-7H2,1H3,(H,13,14). The second-order valence-corrected chi connectivity index (χ2v) is 5.43. The van der Waals surface area contributed by atoms with Crippen molar-refractivity contribution < 1.29 is 4.92 Å². The average molecular weight is 265 g/mol. The van der Waals surface area contributed by atoms with Gasteiger partial charge in [0.05, 0.1) is 4.92 Å². The van der Waals surface area contributed by atoms with Gasteiger partial charge in [-0.1, -0.05) is 6.42 Å². The van der Waals surface area contributed by atoms with E-state index in [1.807, 2.05) is 0 Å².